The number of hydrogen-bond donors (Lipinski definition) is 0. The Hall–Kier alpha value is -2.04. The highest BCUT2D eigenvalue weighted by Crippen LogP contribution is 2.56. The van der Waals surface area contributed by atoms with Crippen LogP contribution in [0.2, 0.25) is 0 Å². The van der Waals surface area contributed by atoms with Crippen molar-refractivity contribution < 1.29 is 8.98 Å². The largest absolute Gasteiger partial charge is 0.421 e. The van der Waals surface area contributed by atoms with Crippen molar-refractivity contribution >= 4 is 42.4 Å². The first kappa shape index (κ1) is 15.5. The van der Waals surface area contributed by atoms with E-state index >= 15 is 0 Å². The van der Waals surface area contributed by atoms with E-state index in [9.17, 15) is 4.79 Å². The van der Waals surface area contributed by atoms with Gasteiger partial charge in [-0.15, -0.1) is 0 Å². The molecule has 0 aromatic heterocycles. The lowest BCUT2D eigenvalue weighted by Crippen LogP contribution is -1.98. The zero-order chi connectivity index (χ0) is 16.7. The monoisotopic (exact) mass is 352 g/mol. The fourth-order valence-corrected chi connectivity index (χ4v) is 6.28. The van der Waals surface area contributed by atoms with Crippen LogP contribution < -0.4 is 0 Å². The molecule has 2 aromatic rings. The van der Waals surface area contributed by atoms with Gasteiger partial charge in [0.25, 0.3) is 0 Å². The van der Waals surface area contributed by atoms with Gasteiger partial charge < -0.3 is 4.18 Å². The van der Waals surface area contributed by atoms with Crippen LogP contribution in [0.15, 0.2) is 60.2 Å². The molecule has 0 saturated carbocycles. The molecule has 1 unspecified atom stereocenters. The van der Waals surface area contributed by atoms with Crippen molar-refractivity contribution in [2.75, 3.05) is 0 Å². The number of aryl methyl sites for hydroxylation is 2. The summed E-state index contributed by atoms with van der Waals surface area (Å²) in [7, 11) is 1.26. The maximum absolute atomic E-state index is 11.7. The summed E-state index contributed by atoms with van der Waals surface area (Å²) in [4.78, 5) is 13.9. The fraction of sp³-hybridized carbons (Fsp3) is 0.100. The molecule has 1 atom stereocenters. The molecule has 24 heavy (non-hydrogen) atoms. The second-order valence-electron chi connectivity index (χ2n) is 5.87. The minimum atomic E-state index is -0.434. The minimum absolute atomic E-state index is 0.434. The quantitative estimate of drug-likeness (QED) is 0.426. The maximum atomic E-state index is 11.7. The van der Waals surface area contributed by atoms with E-state index in [4.69, 9.17) is 4.18 Å². The van der Waals surface area contributed by atoms with Gasteiger partial charge in [-0.25, -0.2) is 0 Å². The van der Waals surface area contributed by atoms with Gasteiger partial charge in [-0.05, 0) is 36.3 Å². The molecular formula is C20H16O2S2. The number of aldehydes is 1. The van der Waals surface area contributed by atoms with Crippen LogP contribution in [0.25, 0.3) is 10.7 Å². The lowest BCUT2D eigenvalue weighted by molar-refractivity contribution is -0.104. The Morgan fingerprint density at radius 1 is 0.917 bits per heavy atom. The van der Waals surface area contributed by atoms with Gasteiger partial charge in [-0.3, -0.25) is 4.79 Å². The molecule has 0 radical (unpaired) electrons. The van der Waals surface area contributed by atoms with Crippen LogP contribution in [0.1, 0.15) is 22.3 Å². The van der Waals surface area contributed by atoms with Crippen molar-refractivity contribution in [3.8, 4) is 0 Å². The van der Waals surface area contributed by atoms with Crippen molar-refractivity contribution in [2.24, 2.45) is 0 Å². The van der Waals surface area contributed by atoms with E-state index in [0.29, 0.717) is 11.3 Å². The molecule has 2 aliphatic heterocycles. The van der Waals surface area contributed by atoms with E-state index in [-0.39, 0.29) is 0 Å². The molecule has 2 aromatic carbocycles. The number of carbonyl (C=O) groups excluding carboxylic acids is 1. The molecule has 0 amide bonds. The van der Waals surface area contributed by atoms with Gasteiger partial charge in [0.15, 0.2) is 12.0 Å². The predicted octanol–water partition coefficient (Wildman–Crippen LogP) is 5.30. The number of benzene rings is 2. The molecule has 0 bridgehead atoms. The number of carbonyl (C=O) groups is 1. The van der Waals surface area contributed by atoms with E-state index in [1.807, 2.05) is 31.2 Å². The molecule has 4 heteroatoms. The standard InChI is InChI=1S/C20H16O2S2/c1-13-3-7-15(8-4-13)18-11-19-17(12-21)20(22-24(19)23-18)16-9-5-14(2)6-10-16/h3-12H,1-2H3. The van der Waals surface area contributed by atoms with Gasteiger partial charge in [-0.1, -0.05) is 59.7 Å². The maximum Gasteiger partial charge on any atom is 0.156 e. The van der Waals surface area contributed by atoms with E-state index in [1.54, 1.807) is 10.8 Å². The second kappa shape index (κ2) is 6.11. The Morgan fingerprint density at radius 3 is 2.08 bits per heavy atom. The third kappa shape index (κ3) is 2.66. The molecule has 0 fully saturated rings. The molecule has 0 aliphatic carbocycles. The summed E-state index contributed by atoms with van der Waals surface area (Å²) in [6.45, 7) is 4.13. The topological polar surface area (TPSA) is 26.3 Å². The smallest absolute Gasteiger partial charge is 0.156 e. The van der Waals surface area contributed by atoms with E-state index in [0.717, 1.165) is 21.6 Å². The van der Waals surface area contributed by atoms with Gasteiger partial charge in [-0.2, -0.15) is 0 Å². The Morgan fingerprint density at radius 2 is 1.50 bits per heavy atom. The zero-order valence-corrected chi connectivity index (χ0v) is 15.0. The van der Waals surface area contributed by atoms with Crippen molar-refractivity contribution in [3.63, 3.8) is 0 Å². The van der Waals surface area contributed by atoms with Crippen LogP contribution in [-0.2, 0) is 8.98 Å². The Balaban J connectivity index is 1.70. The Kier molecular flexibility index (Phi) is 3.94. The number of hydrogen-bond acceptors (Lipinski definition) is 3. The highest BCUT2D eigenvalue weighted by molar-refractivity contribution is 8.86. The third-order valence-electron chi connectivity index (χ3n) is 4.04. The van der Waals surface area contributed by atoms with E-state index in [1.165, 1.54) is 16.7 Å². The highest BCUT2D eigenvalue weighted by Gasteiger charge is 2.31. The van der Waals surface area contributed by atoms with Crippen LogP contribution in [0, 0.1) is 13.8 Å². The summed E-state index contributed by atoms with van der Waals surface area (Å²) in [5.74, 6) is 0.704. The number of allylic oxidation sites excluding steroid dienone is 2. The van der Waals surface area contributed by atoms with Crippen LogP contribution in [0.4, 0.5) is 0 Å². The molecule has 0 saturated heterocycles. The molecule has 0 N–H and O–H groups in total. The summed E-state index contributed by atoms with van der Waals surface area (Å²) < 4.78 is 6.14. The van der Waals surface area contributed by atoms with Crippen LogP contribution in [0.5, 0.6) is 0 Å². The SMILES string of the molecule is Cc1ccc(C2=CC3=S(OC(c4ccc(C)cc4)=C3C=O)S2)cc1. The van der Waals surface area contributed by atoms with Gasteiger partial charge in [0.1, 0.15) is 0 Å². The minimum Gasteiger partial charge on any atom is -0.421 e. The van der Waals surface area contributed by atoms with Crippen molar-refractivity contribution in [2.45, 2.75) is 13.8 Å². The van der Waals surface area contributed by atoms with Gasteiger partial charge >= 0.3 is 0 Å². The highest BCUT2D eigenvalue weighted by atomic mass is 33.1. The van der Waals surface area contributed by atoms with Crippen LogP contribution in [-0.4, -0.2) is 11.2 Å². The summed E-state index contributed by atoms with van der Waals surface area (Å²) in [5.41, 5.74) is 5.24. The Labute approximate surface area is 147 Å². The van der Waals surface area contributed by atoms with Crippen molar-refractivity contribution in [1.29, 1.82) is 0 Å². The average molecular weight is 352 g/mol. The van der Waals surface area contributed by atoms with Gasteiger partial charge in [0, 0.05) is 10.5 Å². The van der Waals surface area contributed by atoms with Crippen molar-refractivity contribution in [3.05, 3.63) is 82.4 Å². The van der Waals surface area contributed by atoms with E-state index in [2.05, 4.69) is 37.3 Å². The summed E-state index contributed by atoms with van der Waals surface area (Å²) in [6.07, 6.45) is 3.02. The van der Waals surface area contributed by atoms with Crippen LogP contribution >= 0.6 is 20.6 Å². The molecule has 2 heterocycles. The first-order chi connectivity index (χ1) is 11.7. The molecule has 0 spiro atoms. The van der Waals surface area contributed by atoms with Gasteiger partial charge in [0.05, 0.1) is 20.2 Å². The summed E-state index contributed by atoms with van der Waals surface area (Å²) in [5, 5.41) is 0. The third-order valence-corrected chi connectivity index (χ3v) is 7.48. The van der Waals surface area contributed by atoms with Crippen molar-refractivity contribution in [1.82, 2.24) is 0 Å². The zero-order valence-electron chi connectivity index (χ0n) is 13.4. The summed E-state index contributed by atoms with van der Waals surface area (Å²) in [6, 6.07) is 16.5. The van der Waals surface area contributed by atoms with Crippen LogP contribution in [0.3, 0.4) is 0 Å². The Bertz CT molecular complexity index is 917. The lowest BCUT2D eigenvalue weighted by Gasteiger charge is -2.10. The molecule has 2 nitrogen and oxygen atoms in total. The molecule has 2 aliphatic rings. The van der Waals surface area contributed by atoms with E-state index < -0.39 is 9.80 Å². The predicted molar refractivity (Wildman–Crippen MR) is 105 cm³/mol. The number of rotatable bonds is 3. The summed E-state index contributed by atoms with van der Waals surface area (Å²) >= 11 is 0. The fourth-order valence-electron chi connectivity index (χ4n) is 2.65. The van der Waals surface area contributed by atoms with Gasteiger partial charge in [0.2, 0.25) is 0 Å². The normalized spacial score (nSPS) is 19.2. The molecular weight excluding hydrogens is 336 g/mol. The average Bonchev–Trinajstić information content (AvgIpc) is 3.13. The first-order valence-electron chi connectivity index (χ1n) is 7.69. The molecule has 120 valence electrons. The first-order valence-corrected chi connectivity index (χ1v) is 10.2. The lowest BCUT2D eigenvalue weighted by atomic mass is 10.0. The molecule has 4 rings (SSSR count). The second-order valence-corrected chi connectivity index (χ2v) is 8.96.